The highest BCUT2D eigenvalue weighted by Gasteiger charge is 1.94. The number of hydrogen-bond donors (Lipinski definition) is 0. The fourth-order valence-electron chi connectivity index (χ4n) is 1.18. The summed E-state index contributed by atoms with van der Waals surface area (Å²) in [6.45, 7) is 6.24. The summed E-state index contributed by atoms with van der Waals surface area (Å²) in [4.78, 5) is 0. The average molecular weight is 187 g/mol. The van der Waals surface area contributed by atoms with Crippen molar-refractivity contribution < 1.29 is 9.84 Å². The van der Waals surface area contributed by atoms with Crippen LogP contribution in [0.2, 0.25) is 0 Å². The molecule has 0 atom stereocenters. The zero-order chi connectivity index (χ0) is 9.94. The normalized spacial score (nSPS) is 11.1. The highest BCUT2D eigenvalue weighted by Crippen LogP contribution is 2.03. The van der Waals surface area contributed by atoms with Crippen molar-refractivity contribution in [3.8, 4) is 0 Å². The van der Waals surface area contributed by atoms with Gasteiger partial charge >= 0.3 is 0 Å². The number of ether oxygens (including phenoxy) is 1. The quantitative estimate of drug-likeness (QED) is 0.510. The standard InChI is InChI=1S/C11H23O2/c1-11(2)7-6-10-13-9-5-3-4-8-12/h11H,3-10H2,1-2H3. The molecule has 0 fully saturated rings. The number of hydrogen-bond acceptors (Lipinski definition) is 1. The van der Waals surface area contributed by atoms with E-state index < -0.39 is 0 Å². The van der Waals surface area contributed by atoms with Crippen LogP contribution in [0.3, 0.4) is 0 Å². The van der Waals surface area contributed by atoms with Gasteiger partial charge in [-0.1, -0.05) is 13.8 Å². The van der Waals surface area contributed by atoms with Crippen molar-refractivity contribution in [2.45, 2.75) is 46.0 Å². The molecule has 0 aromatic heterocycles. The smallest absolute Gasteiger partial charge is 0.0822 e. The van der Waals surface area contributed by atoms with Crippen molar-refractivity contribution in [2.75, 3.05) is 19.8 Å². The van der Waals surface area contributed by atoms with Gasteiger partial charge in [0.15, 0.2) is 0 Å². The average Bonchev–Trinajstić information content (AvgIpc) is 2.09. The summed E-state index contributed by atoms with van der Waals surface area (Å²) >= 11 is 0. The molecule has 0 N–H and O–H groups in total. The molecule has 2 heteroatoms. The van der Waals surface area contributed by atoms with E-state index >= 15 is 0 Å². The fraction of sp³-hybridized carbons (Fsp3) is 1.00. The maximum Gasteiger partial charge on any atom is 0.0822 e. The Morgan fingerprint density at radius 2 is 1.69 bits per heavy atom. The molecule has 0 rings (SSSR count). The van der Waals surface area contributed by atoms with Crippen LogP contribution in [0.4, 0.5) is 0 Å². The number of unbranched alkanes of at least 4 members (excludes halogenated alkanes) is 2. The second-order valence-corrected chi connectivity index (χ2v) is 3.91. The Hall–Kier alpha value is -0.0800. The lowest BCUT2D eigenvalue weighted by atomic mass is 10.1. The minimum absolute atomic E-state index is 0.0628. The van der Waals surface area contributed by atoms with Gasteiger partial charge in [0.1, 0.15) is 0 Å². The molecule has 0 heterocycles. The van der Waals surface area contributed by atoms with Crippen molar-refractivity contribution >= 4 is 0 Å². The first-order chi connectivity index (χ1) is 6.27. The maximum absolute atomic E-state index is 10.1. The van der Waals surface area contributed by atoms with Crippen LogP contribution in [-0.4, -0.2) is 19.8 Å². The van der Waals surface area contributed by atoms with Crippen LogP contribution in [0.25, 0.3) is 0 Å². The Kier molecular flexibility index (Phi) is 9.94. The van der Waals surface area contributed by atoms with Crippen LogP contribution in [-0.2, 0) is 9.84 Å². The molecule has 0 aromatic rings. The van der Waals surface area contributed by atoms with Gasteiger partial charge in [0.25, 0.3) is 0 Å². The highest BCUT2D eigenvalue weighted by molar-refractivity contribution is 4.45. The Morgan fingerprint density at radius 1 is 1.00 bits per heavy atom. The largest absolute Gasteiger partial charge is 0.381 e. The first-order valence-corrected chi connectivity index (χ1v) is 5.43. The molecule has 13 heavy (non-hydrogen) atoms. The molecule has 0 spiro atoms. The van der Waals surface area contributed by atoms with Gasteiger partial charge in [-0.25, -0.2) is 5.11 Å². The van der Waals surface area contributed by atoms with Crippen LogP contribution in [0.5, 0.6) is 0 Å². The van der Waals surface area contributed by atoms with Gasteiger partial charge in [-0.05, 0) is 38.0 Å². The molecule has 0 aliphatic rings. The van der Waals surface area contributed by atoms with Crippen LogP contribution in [0.1, 0.15) is 46.0 Å². The zero-order valence-electron chi connectivity index (χ0n) is 9.05. The van der Waals surface area contributed by atoms with Crippen LogP contribution in [0.15, 0.2) is 0 Å². The van der Waals surface area contributed by atoms with E-state index in [-0.39, 0.29) is 6.61 Å². The summed E-state index contributed by atoms with van der Waals surface area (Å²) < 4.78 is 5.43. The third kappa shape index (κ3) is 11.9. The summed E-state index contributed by atoms with van der Waals surface area (Å²) in [5.41, 5.74) is 0. The van der Waals surface area contributed by atoms with Gasteiger partial charge in [0, 0.05) is 13.2 Å². The molecule has 79 valence electrons. The SMILES string of the molecule is CC(C)CCCOCCCCC[O]. The van der Waals surface area contributed by atoms with Gasteiger partial charge in [-0.2, -0.15) is 0 Å². The summed E-state index contributed by atoms with van der Waals surface area (Å²) in [7, 11) is 0. The van der Waals surface area contributed by atoms with E-state index in [2.05, 4.69) is 13.8 Å². The first kappa shape index (κ1) is 12.9. The minimum Gasteiger partial charge on any atom is -0.381 e. The zero-order valence-corrected chi connectivity index (χ0v) is 9.05. The van der Waals surface area contributed by atoms with Gasteiger partial charge in [0.05, 0.1) is 6.61 Å². The van der Waals surface area contributed by atoms with E-state index in [9.17, 15) is 5.11 Å². The van der Waals surface area contributed by atoms with E-state index in [1.54, 1.807) is 0 Å². The predicted molar refractivity (Wildman–Crippen MR) is 54.3 cm³/mol. The minimum atomic E-state index is 0.0628. The molecule has 0 bridgehead atoms. The molecule has 0 saturated heterocycles. The molecule has 0 unspecified atom stereocenters. The second-order valence-electron chi connectivity index (χ2n) is 3.91. The fourth-order valence-corrected chi connectivity index (χ4v) is 1.18. The van der Waals surface area contributed by atoms with Crippen molar-refractivity contribution in [1.82, 2.24) is 0 Å². The van der Waals surface area contributed by atoms with Gasteiger partial charge < -0.3 is 4.74 Å². The summed E-state index contributed by atoms with van der Waals surface area (Å²) in [6.07, 6.45) is 5.28. The lowest BCUT2D eigenvalue weighted by molar-refractivity contribution is 0.120. The van der Waals surface area contributed by atoms with E-state index in [1.165, 1.54) is 12.8 Å². The van der Waals surface area contributed by atoms with Crippen LogP contribution in [0, 0.1) is 5.92 Å². The lowest BCUT2D eigenvalue weighted by Crippen LogP contribution is -1.99. The highest BCUT2D eigenvalue weighted by atomic mass is 16.5. The van der Waals surface area contributed by atoms with Crippen molar-refractivity contribution in [2.24, 2.45) is 5.92 Å². The predicted octanol–water partition coefficient (Wildman–Crippen LogP) is 3.04. The van der Waals surface area contributed by atoms with Gasteiger partial charge in [0.2, 0.25) is 0 Å². The topological polar surface area (TPSA) is 29.1 Å². The Bertz CT molecular complexity index is 92.1. The molecule has 0 aromatic carbocycles. The summed E-state index contributed by atoms with van der Waals surface area (Å²) in [6, 6.07) is 0. The van der Waals surface area contributed by atoms with E-state index in [4.69, 9.17) is 4.74 Å². The monoisotopic (exact) mass is 187 g/mol. The molecule has 0 aliphatic carbocycles. The maximum atomic E-state index is 10.1. The van der Waals surface area contributed by atoms with Crippen molar-refractivity contribution in [3.63, 3.8) is 0 Å². The third-order valence-electron chi connectivity index (χ3n) is 2.00. The molecule has 2 nitrogen and oxygen atoms in total. The molecular weight excluding hydrogens is 164 g/mol. The van der Waals surface area contributed by atoms with Gasteiger partial charge in [-0.15, -0.1) is 0 Å². The lowest BCUT2D eigenvalue weighted by Gasteiger charge is -2.05. The van der Waals surface area contributed by atoms with Crippen LogP contribution >= 0.6 is 0 Å². The Morgan fingerprint density at radius 3 is 2.31 bits per heavy atom. The van der Waals surface area contributed by atoms with E-state index in [0.29, 0.717) is 0 Å². The summed E-state index contributed by atoms with van der Waals surface area (Å²) in [5.74, 6) is 0.782. The van der Waals surface area contributed by atoms with Crippen molar-refractivity contribution in [1.29, 1.82) is 0 Å². The molecule has 0 amide bonds. The number of rotatable bonds is 9. The summed E-state index contributed by atoms with van der Waals surface area (Å²) in [5, 5.41) is 10.1. The Labute approximate surface area is 82.3 Å². The Balaban J connectivity index is 2.84. The van der Waals surface area contributed by atoms with Gasteiger partial charge in [-0.3, -0.25) is 0 Å². The van der Waals surface area contributed by atoms with E-state index in [1.807, 2.05) is 0 Å². The van der Waals surface area contributed by atoms with Crippen LogP contribution < -0.4 is 0 Å². The molecule has 0 saturated carbocycles. The molecule has 1 radical (unpaired) electrons. The molecule has 0 aliphatic heterocycles. The van der Waals surface area contributed by atoms with Crippen molar-refractivity contribution in [3.05, 3.63) is 0 Å². The molecular formula is C11H23O2. The third-order valence-corrected chi connectivity index (χ3v) is 2.00. The van der Waals surface area contributed by atoms with E-state index in [0.717, 1.165) is 38.4 Å². The first-order valence-electron chi connectivity index (χ1n) is 5.43. The second kappa shape index (κ2) is 10.0.